The SMILES string of the molecule is Cc1ccccc1C[C@H](NC(=O)[C@H](CCC(=O)O)NC(=O)[C@H](CC(=O)O)NC(=O)CCC(=O)O)C(=O)N[C@H](C(=O)N[C@@H](CC(C)C)C(=O)NC(CC#N)C(=O)C(=O)NCc1ccccc1)C(C)(C)C. The molecule has 2 aromatic carbocycles. The van der Waals surface area contributed by atoms with E-state index in [9.17, 15) is 68.2 Å². The summed E-state index contributed by atoms with van der Waals surface area (Å²) in [6.45, 7) is 10.0. The van der Waals surface area contributed by atoms with Crippen molar-refractivity contribution in [3.05, 3.63) is 71.3 Å². The van der Waals surface area contributed by atoms with Crippen LogP contribution in [-0.4, -0.2) is 117 Å². The van der Waals surface area contributed by atoms with Crippen LogP contribution in [0.5, 0.6) is 0 Å². The first-order chi connectivity index (χ1) is 32.3. The number of carboxylic acids is 3. The number of nitriles is 1. The molecule has 69 heavy (non-hydrogen) atoms. The maximum Gasteiger partial charge on any atom is 0.305 e. The van der Waals surface area contributed by atoms with Gasteiger partial charge in [-0.3, -0.25) is 52.7 Å². The number of rotatable bonds is 28. The topological polar surface area (TPSA) is 356 Å². The van der Waals surface area contributed by atoms with Crippen LogP contribution in [0.2, 0.25) is 0 Å². The van der Waals surface area contributed by atoms with Gasteiger partial charge in [-0.15, -0.1) is 0 Å². The highest BCUT2D eigenvalue weighted by molar-refractivity contribution is 6.38. The number of ketones is 1. The van der Waals surface area contributed by atoms with Crippen LogP contribution < -0.4 is 37.2 Å². The third-order valence-electron chi connectivity index (χ3n) is 10.4. The number of Topliss-reactive ketones (excluding diaryl/α,β-unsaturated/α-hetero) is 1. The van der Waals surface area contributed by atoms with Gasteiger partial charge in [-0.25, -0.2) is 0 Å². The highest BCUT2D eigenvalue weighted by Crippen LogP contribution is 2.21. The summed E-state index contributed by atoms with van der Waals surface area (Å²) in [5.74, 6) is -12.7. The molecule has 7 amide bonds. The average molecular weight is 963 g/mol. The summed E-state index contributed by atoms with van der Waals surface area (Å²) in [6.07, 6.45) is -4.32. The minimum atomic E-state index is -1.83. The summed E-state index contributed by atoms with van der Waals surface area (Å²) in [5, 5.41) is 54.3. The van der Waals surface area contributed by atoms with E-state index in [4.69, 9.17) is 5.11 Å². The minimum absolute atomic E-state index is 0.00331. The molecule has 22 nitrogen and oxygen atoms in total. The highest BCUT2D eigenvalue weighted by Gasteiger charge is 2.39. The number of carboxylic acid groups (broad SMARTS) is 3. The lowest BCUT2D eigenvalue weighted by atomic mass is 9.85. The number of hydrogen-bond acceptors (Lipinski definition) is 12. The maximum atomic E-state index is 14.4. The number of amides is 7. The maximum absolute atomic E-state index is 14.4. The van der Waals surface area contributed by atoms with Crippen molar-refractivity contribution >= 4 is 65.0 Å². The number of benzene rings is 2. The molecule has 0 aliphatic carbocycles. The number of carbonyl (C=O) groups is 11. The summed E-state index contributed by atoms with van der Waals surface area (Å²) >= 11 is 0. The monoisotopic (exact) mass is 962 g/mol. The first-order valence-electron chi connectivity index (χ1n) is 22.1. The molecule has 0 fully saturated rings. The Kier molecular flexibility index (Phi) is 23.2. The van der Waals surface area contributed by atoms with Crippen molar-refractivity contribution in [1.82, 2.24) is 37.2 Å². The molecule has 0 radical (unpaired) electrons. The lowest BCUT2D eigenvalue weighted by Gasteiger charge is -2.34. The molecular formula is C47H62N8O14. The van der Waals surface area contributed by atoms with E-state index in [1.165, 1.54) is 0 Å². The van der Waals surface area contributed by atoms with Gasteiger partial charge < -0.3 is 52.5 Å². The Hall–Kier alpha value is -7.70. The van der Waals surface area contributed by atoms with E-state index in [2.05, 4.69) is 37.2 Å². The summed E-state index contributed by atoms with van der Waals surface area (Å²) < 4.78 is 0. The molecule has 0 aliphatic heterocycles. The Morgan fingerprint density at radius 1 is 0.609 bits per heavy atom. The van der Waals surface area contributed by atoms with Crippen LogP contribution in [0.1, 0.15) is 96.3 Å². The fraction of sp³-hybridized carbons (Fsp3) is 0.489. The smallest absolute Gasteiger partial charge is 0.305 e. The largest absolute Gasteiger partial charge is 0.481 e. The molecular weight excluding hydrogens is 901 g/mol. The normalized spacial score (nSPS) is 13.6. The fourth-order valence-electron chi connectivity index (χ4n) is 6.69. The molecule has 0 saturated carbocycles. The molecule has 10 N–H and O–H groups in total. The summed E-state index contributed by atoms with van der Waals surface area (Å²) in [6, 6.07) is 7.77. The number of nitrogens with zero attached hydrogens (tertiary/aromatic N) is 1. The summed E-state index contributed by atoms with van der Waals surface area (Å²) in [5.41, 5.74) is 0.829. The first kappa shape index (κ1) is 57.4. The van der Waals surface area contributed by atoms with Crippen molar-refractivity contribution in [2.24, 2.45) is 11.3 Å². The van der Waals surface area contributed by atoms with E-state index in [0.717, 1.165) is 0 Å². The van der Waals surface area contributed by atoms with Crippen molar-refractivity contribution in [2.45, 2.75) is 136 Å². The number of carbonyl (C=O) groups excluding carboxylic acids is 8. The molecule has 2 rings (SSSR count). The lowest BCUT2D eigenvalue weighted by Crippen LogP contribution is -2.62. The van der Waals surface area contributed by atoms with Gasteiger partial charge in [0.05, 0.1) is 25.3 Å². The fourth-order valence-corrected chi connectivity index (χ4v) is 6.69. The molecule has 22 heteroatoms. The van der Waals surface area contributed by atoms with Gasteiger partial charge in [0, 0.05) is 25.8 Å². The van der Waals surface area contributed by atoms with Crippen LogP contribution in [0.25, 0.3) is 0 Å². The Morgan fingerprint density at radius 2 is 1.14 bits per heavy atom. The molecule has 6 atom stereocenters. The molecule has 0 spiro atoms. The number of hydrogen-bond donors (Lipinski definition) is 10. The van der Waals surface area contributed by atoms with Gasteiger partial charge in [0.2, 0.25) is 41.2 Å². The Bertz CT molecular complexity index is 2240. The van der Waals surface area contributed by atoms with Crippen molar-refractivity contribution in [3.8, 4) is 6.07 Å². The third kappa shape index (κ3) is 20.8. The second kappa shape index (κ2) is 27.8. The van der Waals surface area contributed by atoms with Crippen LogP contribution in [0.15, 0.2) is 54.6 Å². The van der Waals surface area contributed by atoms with Gasteiger partial charge in [0.25, 0.3) is 5.91 Å². The van der Waals surface area contributed by atoms with Crippen molar-refractivity contribution in [3.63, 3.8) is 0 Å². The van der Waals surface area contributed by atoms with Crippen LogP contribution in [-0.2, 0) is 65.7 Å². The first-order valence-corrected chi connectivity index (χ1v) is 22.1. The van der Waals surface area contributed by atoms with Gasteiger partial charge in [-0.05, 0) is 47.8 Å². The van der Waals surface area contributed by atoms with Crippen molar-refractivity contribution < 1.29 is 68.1 Å². The van der Waals surface area contributed by atoms with E-state index >= 15 is 0 Å². The third-order valence-corrected chi connectivity index (χ3v) is 10.4. The van der Waals surface area contributed by atoms with E-state index < -0.39 is 145 Å². The average Bonchev–Trinajstić information content (AvgIpc) is 3.26. The molecule has 0 aliphatic rings. The Morgan fingerprint density at radius 3 is 1.71 bits per heavy atom. The van der Waals surface area contributed by atoms with Crippen LogP contribution in [0.4, 0.5) is 0 Å². The molecule has 374 valence electrons. The zero-order valence-corrected chi connectivity index (χ0v) is 39.4. The van der Waals surface area contributed by atoms with Gasteiger partial charge in [-0.2, -0.15) is 5.26 Å². The second-order valence-electron chi connectivity index (χ2n) is 17.8. The molecule has 0 bridgehead atoms. The highest BCUT2D eigenvalue weighted by atomic mass is 16.4. The van der Waals surface area contributed by atoms with Crippen molar-refractivity contribution in [2.75, 3.05) is 0 Å². The quantitative estimate of drug-likeness (QED) is 0.0521. The zero-order valence-electron chi connectivity index (χ0n) is 39.4. The van der Waals surface area contributed by atoms with Crippen LogP contribution in [0.3, 0.4) is 0 Å². The van der Waals surface area contributed by atoms with Gasteiger partial charge in [0.1, 0.15) is 36.3 Å². The van der Waals surface area contributed by atoms with Crippen molar-refractivity contribution in [1.29, 1.82) is 5.26 Å². The molecule has 0 aromatic heterocycles. The molecule has 2 aromatic rings. The Balaban J connectivity index is 2.45. The standard InChI is InChI=1S/C47H62N8O14/c1-26(2)22-32(42(65)51-30(20-21-48)39(63)45(68)49-25-28-13-8-7-9-14-28)54-46(69)40(47(4,5)6)55-44(67)33(23-29-15-11-10-12-27(29)3)53-41(64)31(16-18-36(57)58)52-43(66)34(24-38(61)62)50-35(56)17-19-37(59)60/h7-15,26,30-34,40H,16-20,22-25H2,1-6H3,(H,49,68)(H,50,56)(H,51,65)(H,52,66)(H,53,64)(H,54,69)(H,55,67)(H,57,58)(H,59,60)(H,61,62)/t30?,31-,32-,33-,34-,40+/m0/s1. The predicted octanol–water partition coefficient (Wildman–Crippen LogP) is 0.542. The predicted molar refractivity (Wildman–Crippen MR) is 245 cm³/mol. The zero-order chi connectivity index (χ0) is 52.0. The van der Waals surface area contributed by atoms with E-state index in [0.29, 0.717) is 16.7 Å². The van der Waals surface area contributed by atoms with Crippen LogP contribution >= 0.6 is 0 Å². The minimum Gasteiger partial charge on any atom is -0.481 e. The number of aryl methyl sites for hydroxylation is 1. The summed E-state index contributed by atoms with van der Waals surface area (Å²) in [4.78, 5) is 142. The van der Waals surface area contributed by atoms with Gasteiger partial charge >= 0.3 is 17.9 Å². The number of aliphatic carboxylic acids is 3. The van der Waals surface area contributed by atoms with Gasteiger partial charge in [0.15, 0.2) is 0 Å². The van der Waals surface area contributed by atoms with E-state index in [1.807, 2.05) is 0 Å². The van der Waals surface area contributed by atoms with E-state index in [-0.39, 0.29) is 25.3 Å². The van der Waals surface area contributed by atoms with Gasteiger partial charge in [-0.1, -0.05) is 89.2 Å². The molecule has 0 saturated heterocycles. The Labute approximate surface area is 399 Å². The molecule has 1 unspecified atom stereocenters. The summed E-state index contributed by atoms with van der Waals surface area (Å²) in [7, 11) is 0. The second-order valence-corrected chi connectivity index (χ2v) is 17.8. The van der Waals surface area contributed by atoms with E-state index in [1.54, 1.807) is 102 Å². The lowest BCUT2D eigenvalue weighted by molar-refractivity contribution is -0.142. The number of nitrogens with one attached hydrogen (secondary N) is 7. The molecule has 0 heterocycles. The van der Waals surface area contributed by atoms with Crippen LogP contribution in [0, 0.1) is 29.6 Å².